The molecule has 1 aromatic carbocycles. The third-order valence-corrected chi connectivity index (χ3v) is 3.49. The number of rotatable bonds is 5. The fraction of sp³-hybridized carbons (Fsp3) is 0.562. The van der Waals surface area contributed by atoms with E-state index in [1.807, 2.05) is 23.1 Å². The van der Waals surface area contributed by atoms with Crippen molar-refractivity contribution in [1.29, 1.82) is 0 Å². The molecular weight excluding hydrogens is 252 g/mol. The summed E-state index contributed by atoms with van der Waals surface area (Å²) in [6.07, 6.45) is 1.43. The Balaban J connectivity index is 2.06. The quantitative estimate of drug-likeness (QED) is 0.839. The predicted octanol–water partition coefficient (Wildman–Crippen LogP) is 2.33. The van der Waals surface area contributed by atoms with Crippen LogP contribution in [-0.4, -0.2) is 31.7 Å². The molecule has 0 fully saturated rings. The van der Waals surface area contributed by atoms with Crippen molar-refractivity contribution in [1.82, 2.24) is 5.32 Å². The van der Waals surface area contributed by atoms with Crippen molar-refractivity contribution >= 4 is 11.6 Å². The van der Waals surface area contributed by atoms with E-state index in [4.69, 9.17) is 4.74 Å². The topological polar surface area (TPSA) is 41.6 Å². The Kier molecular flexibility index (Phi) is 5.56. The van der Waals surface area contributed by atoms with Crippen LogP contribution in [0.1, 0.15) is 32.3 Å². The molecule has 0 radical (unpaired) electrons. The van der Waals surface area contributed by atoms with Gasteiger partial charge in [-0.3, -0.25) is 4.79 Å². The first-order valence-electron chi connectivity index (χ1n) is 7.41. The van der Waals surface area contributed by atoms with Crippen LogP contribution in [0.5, 0.6) is 0 Å². The monoisotopic (exact) mass is 276 g/mol. The Hall–Kier alpha value is -1.39. The van der Waals surface area contributed by atoms with Gasteiger partial charge < -0.3 is 15.0 Å². The van der Waals surface area contributed by atoms with Gasteiger partial charge in [0.05, 0.1) is 13.0 Å². The SMILES string of the molecule is CCCOCCC(=O)N1CC(C)NCc2ccccc21. The summed E-state index contributed by atoms with van der Waals surface area (Å²) in [5.74, 6) is 0.143. The Labute approximate surface area is 121 Å². The molecule has 2 rings (SSSR count). The van der Waals surface area contributed by atoms with E-state index in [0.29, 0.717) is 25.6 Å². The second-order valence-electron chi connectivity index (χ2n) is 5.28. The molecule has 0 spiro atoms. The lowest BCUT2D eigenvalue weighted by Gasteiger charge is -2.24. The Morgan fingerprint density at radius 3 is 3.00 bits per heavy atom. The highest BCUT2D eigenvalue weighted by Gasteiger charge is 2.23. The second-order valence-corrected chi connectivity index (χ2v) is 5.28. The van der Waals surface area contributed by atoms with E-state index in [9.17, 15) is 4.79 Å². The van der Waals surface area contributed by atoms with Gasteiger partial charge in [-0.15, -0.1) is 0 Å². The smallest absolute Gasteiger partial charge is 0.229 e. The molecule has 1 unspecified atom stereocenters. The Morgan fingerprint density at radius 2 is 2.20 bits per heavy atom. The van der Waals surface area contributed by atoms with Crippen molar-refractivity contribution in [2.24, 2.45) is 0 Å². The number of anilines is 1. The molecule has 1 atom stereocenters. The van der Waals surface area contributed by atoms with Crippen LogP contribution in [0, 0.1) is 0 Å². The normalized spacial score (nSPS) is 18.5. The first-order valence-corrected chi connectivity index (χ1v) is 7.41. The summed E-state index contributed by atoms with van der Waals surface area (Å²) in [7, 11) is 0. The maximum Gasteiger partial charge on any atom is 0.229 e. The van der Waals surface area contributed by atoms with Gasteiger partial charge >= 0.3 is 0 Å². The van der Waals surface area contributed by atoms with Gasteiger partial charge in [-0.2, -0.15) is 0 Å². The van der Waals surface area contributed by atoms with Crippen molar-refractivity contribution < 1.29 is 9.53 Å². The van der Waals surface area contributed by atoms with Gasteiger partial charge in [0.1, 0.15) is 0 Å². The average Bonchev–Trinajstić information content (AvgIpc) is 2.63. The molecule has 20 heavy (non-hydrogen) atoms. The van der Waals surface area contributed by atoms with Crippen LogP contribution in [0.4, 0.5) is 5.69 Å². The summed E-state index contributed by atoms with van der Waals surface area (Å²) in [6.45, 7) is 6.94. The highest BCUT2D eigenvalue weighted by Crippen LogP contribution is 2.24. The number of fused-ring (bicyclic) bond motifs is 1. The number of para-hydroxylation sites is 1. The van der Waals surface area contributed by atoms with Crippen LogP contribution < -0.4 is 10.2 Å². The molecule has 1 heterocycles. The largest absolute Gasteiger partial charge is 0.381 e. The van der Waals surface area contributed by atoms with E-state index in [1.54, 1.807) is 0 Å². The molecule has 0 saturated carbocycles. The molecule has 1 aliphatic heterocycles. The van der Waals surface area contributed by atoms with E-state index in [0.717, 1.165) is 25.3 Å². The van der Waals surface area contributed by atoms with Crippen molar-refractivity contribution in [3.05, 3.63) is 29.8 Å². The van der Waals surface area contributed by atoms with Gasteiger partial charge in [-0.1, -0.05) is 25.1 Å². The number of amides is 1. The van der Waals surface area contributed by atoms with Crippen molar-refractivity contribution in [3.8, 4) is 0 Å². The van der Waals surface area contributed by atoms with Gasteiger partial charge in [0.2, 0.25) is 5.91 Å². The summed E-state index contributed by atoms with van der Waals surface area (Å²) >= 11 is 0. The maximum absolute atomic E-state index is 12.4. The zero-order valence-electron chi connectivity index (χ0n) is 12.4. The van der Waals surface area contributed by atoms with Crippen LogP contribution in [0.15, 0.2) is 24.3 Å². The van der Waals surface area contributed by atoms with Crippen LogP contribution in [0.3, 0.4) is 0 Å². The standard InChI is InChI=1S/C16H24N2O2/c1-3-9-20-10-8-16(19)18-12-13(2)17-11-14-6-4-5-7-15(14)18/h4-7,13,17H,3,8-12H2,1-2H3. The summed E-state index contributed by atoms with van der Waals surface area (Å²) in [4.78, 5) is 14.3. The number of nitrogens with one attached hydrogen (secondary N) is 1. The van der Waals surface area contributed by atoms with Gasteiger partial charge in [0, 0.05) is 31.4 Å². The maximum atomic E-state index is 12.4. The van der Waals surface area contributed by atoms with E-state index in [1.165, 1.54) is 5.56 Å². The lowest BCUT2D eigenvalue weighted by molar-refractivity contribution is -0.119. The first-order chi connectivity index (χ1) is 9.72. The molecule has 4 heteroatoms. The van der Waals surface area contributed by atoms with Crippen molar-refractivity contribution in [3.63, 3.8) is 0 Å². The summed E-state index contributed by atoms with van der Waals surface area (Å²) in [6, 6.07) is 8.41. The van der Waals surface area contributed by atoms with E-state index < -0.39 is 0 Å². The van der Waals surface area contributed by atoms with Crippen LogP contribution in [0.2, 0.25) is 0 Å². The first kappa shape index (κ1) is 15.0. The summed E-state index contributed by atoms with van der Waals surface area (Å²) < 4.78 is 5.43. The number of benzene rings is 1. The minimum atomic E-state index is 0.143. The molecule has 110 valence electrons. The lowest BCUT2D eigenvalue weighted by atomic mass is 10.1. The van der Waals surface area contributed by atoms with Crippen LogP contribution in [0.25, 0.3) is 0 Å². The number of nitrogens with zero attached hydrogens (tertiary/aromatic N) is 1. The molecule has 4 nitrogen and oxygen atoms in total. The van der Waals surface area contributed by atoms with Crippen molar-refractivity contribution in [2.75, 3.05) is 24.7 Å². The fourth-order valence-corrected chi connectivity index (χ4v) is 2.42. The van der Waals surface area contributed by atoms with Crippen LogP contribution in [-0.2, 0) is 16.1 Å². The number of hydrogen-bond donors (Lipinski definition) is 1. The molecule has 0 saturated heterocycles. The molecular formula is C16H24N2O2. The third-order valence-electron chi connectivity index (χ3n) is 3.49. The minimum absolute atomic E-state index is 0.143. The highest BCUT2D eigenvalue weighted by molar-refractivity contribution is 5.94. The van der Waals surface area contributed by atoms with Gasteiger partial charge in [0.25, 0.3) is 0 Å². The summed E-state index contributed by atoms with van der Waals surface area (Å²) in [5.41, 5.74) is 2.21. The molecule has 1 aliphatic rings. The lowest BCUT2D eigenvalue weighted by Crippen LogP contribution is -2.40. The predicted molar refractivity (Wildman–Crippen MR) is 80.8 cm³/mol. The zero-order chi connectivity index (χ0) is 14.4. The minimum Gasteiger partial charge on any atom is -0.381 e. The number of carbonyl (C=O) groups excluding carboxylic acids is 1. The molecule has 0 aliphatic carbocycles. The van der Waals surface area contributed by atoms with Crippen LogP contribution >= 0.6 is 0 Å². The van der Waals surface area contributed by atoms with Gasteiger partial charge in [-0.05, 0) is 25.0 Å². The van der Waals surface area contributed by atoms with Gasteiger partial charge in [-0.25, -0.2) is 0 Å². The molecule has 1 amide bonds. The van der Waals surface area contributed by atoms with E-state index >= 15 is 0 Å². The Morgan fingerprint density at radius 1 is 1.40 bits per heavy atom. The molecule has 1 aromatic rings. The molecule has 0 aromatic heterocycles. The van der Waals surface area contributed by atoms with Crippen molar-refractivity contribution in [2.45, 2.75) is 39.3 Å². The van der Waals surface area contributed by atoms with Gasteiger partial charge in [0.15, 0.2) is 0 Å². The number of carbonyl (C=O) groups is 1. The molecule has 1 N–H and O–H groups in total. The number of hydrogen-bond acceptors (Lipinski definition) is 3. The Bertz CT molecular complexity index is 448. The van der Waals surface area contributed by atoms with E-state index in [-0.39, 0.29) is 5.91 Å². The fourth-order valence-electron chi connectivity index (χ4n) is 2.42. The average molecular weight is 276 g/mol. The molecule has 0 bridgehead atoms. The summed E-state index contributed by atoms with van der Waals surface area (Å²) in [5, 5.41) is 3.44. The van der Waals surface area contributed by atoms with E-state index in [2.05, 4.69) is 25.2 Å². The third kappa shape index (κ3) is 3.81. The highest BCUT2D eigenvalue weighted by atomic mass is 16.5. The second kappa shape index (κ2) is 7.41. The zero-order valence-corrected chi connectivity index (χ0v) is 12.4. The number of ether oxygens (including phenoxy) is 1.